The number of pyridine rings is 1. The van der Waals surface area contributed by atoms with Crippen LogP contribution >= 0.6 is 0 Å². The summed E-state index contributed by atoms with van der Waals surface area (Å²) in [5, 5.41) is 11.1. The minimum atomic E-state index is 0.207. The van der Waals surface area contributed by atoms with Crippen molar-refractivity contribution < 1.29 is 9.37 Å². The first kappa shape index (κ1) is 17.6. The molecule has 1 N–H and O–H groups in total. The highest BCUT2D eigenvalue weighted by Gasteiger charge is 2.28. The molecule has 1 aliphatic rings. The average molecular weight is 369 g/mol. The van der Waals surface area contributed by atoms with Crippen LogP contribution in [-0.4, -0.2) is 52.1 Å². The van der Waals surface area contributed by atoms with Crippen LogP contribution in [0.15, 0.2) is 29.2 Å². The zero-order chi connectivity index (χ0) is 18.5. The van der Waals surface area contributed by atoms with E-state index in [0.717, 1.165) is 38.2 Å². The first-order valence-electron chi connectivity index (χ1n) is 9.26. The van der Waals surface area contributed by atoms with E-state index < -0.39 is 0 Å². The number of anilines is 2. The summed E-state index contributed by atoms with van der Waals surface area (Å²) in [4.78, 5) is 15.9. The van der Waals surface area contributed by atoms with E-state index in [2.05, 4.69) is 36.6 Å². The summed E-state index contributed by atoms with van der Waals surface area (Å²) in [6.07, 6.45) is 7.93. The maximum atomic E-state index is 5.13. The summed E-state index contributed by atoms with van der Waals surface area (Å²) in [6, 6.07) is 4.30. The van der Waals surface area contributed by atoms with Crippen LogP contribution in [0.3, 0.4) is 0 Å². The minimum Gasteiger partial charge on any atom is -0.385 e. The Morgan fingerprint density at radius 1 is 1.26 bits per heavy atom. The summed E-state index contributed by atoms with van der Waals surface area (Å²) in [7, 11) is 1.70. The zero-order valence-corrected chi connectivity index (χ0v) is 15.3. The topological polar surface area (TPSA) is 102 Å². The summed E-state index contributed by atoms with van der Waals surface area (Å²) >= 11 is 0. The van der Waals surface area contributed by atoms with Crippen LogP contribution in [0.2, 0.25) is 0 Å². The number of nitrogens with zero attached hydrogens (tertiary/aromatic N) is 6. The van der Waals surface area contributed by atoms with Crippen LogP contribution in [0.4, 0.5) is 11.6 Å². The second-order valence-electron chi connectivity index (χ2n) is 6.57. The van der Waals surface area contributed by atoms with E-state index in [4.69, 9.17) is 14.3 Å². The predicted molar refractivity (Wildman–Crippen MR) is 101 cm³/mol. The van der Waals surface area contributed by atoms with E-state index in [1.807, 2.05) is 12.3 Å². The van der Waals surface area contributed by atoms with Crippen molar-refractivity contribution in [1.82, 2.24) is 25.3 Å². The molecule has 0 bridgehead atoms. The molecule has 4 rings (SSSR count). The number of nitrogens with one attached hydrogen (secondary N) is 1. The minimum absolute atomic E-state index is 0.207. The van der Waals surface area contributed by atoms with Gasteiger partial charge in [-0.3, -0.25) is 4.98 Å². The maximum Gasteiger partial charge on any atom is 0.245 e. The maximum absolute atomic E-state index is 5.13. The first-order valence-corrected chi connectivity index (χ1v) is 9.26. The Morgan fingerprint density at radius 2 is 2.15 bits per heavy atom. The Bertz CT molecular complexity index is 871. The first-order chi connectivity index (χ1) is 13.4. The molecule has 0 aliphatic carbocycles. The number of fused-ring (bicyclic) bond motifs is 1. The lowest BCUT2D eigenvalue weighted by Crippen LogP contribution is -2.35. The van der Waals surface area contributed by atoms with Gasteiger partial charge >= 0.3 is 0 Å². The molecule has 1 fully saturated rings. The van der Waals surface area contributed by atoms with E-state index in [1.165, 1.54) is 12.0 Å². The standard InChI is InChI=1S/C18H23N7O2/c1-26-11-5-9-20-17-18(22-16-15(21-17)23-27-24-16)25-10-3-2-7-14(25)13-6-4-8-19-12-13/h4,6,8,12,14H,2-3,5,7,9-11H2,1H3,(H,20,21,23). The Kier molecular flexibility index (Phi) is 5.38. The van der Waals surface area contributed by atoms with Crippen molar-refractivity contribution in [3.05, 3.63) is 30.1 Å². The largest absolute Gasteiger partial charge is 0.385 e. The number of piperidine rings is 1. The summed E-state index contributed by atoms with van der Waals surface area (Å²) in [6.45, 7) is 2.32. The van der Waals surface area contributed by atoms with E-state index in [1.54, 1.807) is 13.3 Å². The van der Waals surface area contributed by atoms with E-state index in [-0.39, 0.29) is 6.04 Å². The fourth-order valence-electron chi connectivity index (χ4n) is 3.48. The SMILES string of the molecule is COCCCNc1nc2nonc2nc1N1CCCCC1c1cccnc1. The molecule has 1 unspecified atom stereocenters. The average Bonchev–Trinajstić information content (AvgIpc) is 3.19. The van der Waals surface area contributed by atoms with Gasteiger partial charge in [0.2, 0.25) is 11.3 Å². The van der Waals surface area contributed by atoms with E-state index in [9.17, 15) is 0 Å². The van der Waals surface area contributed by atoms with Gasteiger partial charge in [0.1, 0.15) is 0 Å². The Hall–Kier alpha value is -2.81. The molecule has 142 valence electrons. The van der Waals surface area contributed by atoms with Gasteiger partial charge in [-0.15, -0.1) is 0 Å². The number of hydrogen-bond acceptors (Lipinski definition) is 9. The van der Waals surface area contributed by atoms with Crippen molar-refractivity contribution >= 4 is 22.9 Å². The molecule has 27 heavy (non-hydrogen) atoms. The second-order valence-corrected chi connectivity index (χ2v) is 6.57. The van der Waals surface area contributed by atoms with Gasteiger partial charge in [-0.1, -0.05) is 6.07 Å². The normalized spacial score (nSPS) is 17.4. The molecule has 3 aromatic heterocycles. The molecule has 0 amide bonds. The Morgan fingerprint density at radius 3 is 2.96 bits per heavy atom. The van der Waals surface area contributed by atoms with Crippen LogP contribution < -0.4 is 10.2 Å². The van der Waals surface area contributed by atoms with Gasteiger partial charge in [0, 0.05) is 39.2 Å². The van der Waals surface area contributed by atoms with Gasteiger partial charge in [-0.05, 0) is 47.6 Å². The van der Waals surface area contributed by atoms with Crippen molar-refractivity contribution in [2.75, 3.05) is 37.0 Å². The number of aromatic nitrogens is 5. The quantitative estimate of drug-likeness (QED) is 0.629. The third-order valence-corrected chi connectivity index (χ3v) is 4.76. The molecule has 1 saturated heterocycles. The lowest BCUT2D eigenvalue weighted by atomic mass is 9.96. The van der Waals surface area contributed by atoms with Crippen molar-refractivity contribution in [3.8, 4) is 0 Å². The van der Waals surface area contributed by atoms with Crippen molar-refractivity contribution in [3.63, 3.8) is 0 Å². The van der Waals surface area contributed by atoms with Gasteiger partial charge in [0.05, 0.1) is 6.04 Å². The van der Waals surface area contributed by atoms with Gasteiger partial charge in [-0.2, -0.15) is 0 Å². The lowest BCUT2D eigenvalue weighted by molar-refractivity contribution is 0.198. The molecule has 9 heteroatoms. The molecule has 0 spiro atoms. The van der Waals surface area contributed by atoms with Crippen molar-refractivity contribution in [2.24, 2.45) is 0 Å². The molecule has 1 atom stereocenters. The summed E-state index contributed by atoms with van der Waals surface area (Å²) < 4.78 is 9.94. The fourth-order valence-corrected chi connectivity index (χ4v) is 3.48. The van der Waals surface area contributed by atoms with Crippen LogP contribution in [0.25, 0.3) is 11.3 Å². The van der Waals surface area contributed by atoms with Crippen molar-refractivity contribution in [1.29, 1.82) is 0 Å². The number of rotatable bonds is 7. The van der Waals surface area contributed by atoms with Gasteiger partial charge in [-0.25, -0.2) is 14.6 Å². The van der Waals surface area contributed by atoms with E-state index >= 15 is 0 Å². The molecule has 0 saturated carbocycles. The van der Waals surface area contributed by atoms with Crippen LogP contribution in [0.5, 0.6) is 0 Å². The Labute approximate surface area is 157 Å². The molecule has 3 aromatic rings. The van der Waals surface area contributed by atoms with Crippen LogP contribution in [0, 0.1) is 0 Å². The van der Waals surface area contributed by atoms with Crippen LogP contribution in [-0.2, 0) is 4.74 Å². The highest BCUT2D eigenvalue weighted by Crippen LogP contribution is 2.37. The van der Waals surface area contributed by atoms with Gasteiger partial charge in [0.15, 0.2) is 11.6 Å². The molecule has 1 aliphatic heterocycles. The molecule has 4 heterocycles. The number of ether oxygens (including phenoxy) is 1. The molecule has 0 radical (unpaired) electrons. The van der Waals surface area contributed by atoms with Gasteiger partial charge in [0.25, 0.3) is 0 Å². The highest BCUT2D eigenvalue weighted by molar-refractivity contribution is 5.74. The number of methoxy groups -OCH3 is 1. The Balaban J connectivity index is 1.68. The second kappa shape index (κ2) is 8.26. The third kappa shape index (κ3) is 3.82. The lowest BCUT2D eigenvalue weighted by Gasteiger charge is -2.37. The third-order valence-electron chi connectivity index (χ3n) is 4.76. The smallest absolute Gasteiger partial charge is 0.245 e. The fraction of sp³-hybridized carbons (Fsp3) is 0.500. The predicted octanol–water partition coefficient (Wildman–Crippen LogP) is 2.59. The molecule has 9 nitrogen and oxygen atoms in total. The zero-order valence-electron chi connectivity index (χ0n) is 15.3. The summed E-state index contributed by atoms with van der Waals surface area (Å²) in [5.74, 6) is 1.48. The summed E-state index contributed by atoms with van der Waals surface area (Å²) in [5.41, 5.74) is 2.01. The van der Waals surface area contributed by atoms with Crippen LogP contribution in [0.1, 0.15) is 37.3 Å². The monoisotopic (exact) mass is 369 g/mol. The van der Waals surface area contributed by atoms with E-state index in [0.29, 0.717) is 23.7 Å². The van der Waals surface area contributed by atoms with Gasteiger partial charge < -0.3 is 15.0 Å². The highest BCUT2D eigenvalue weighted by atomic mass is 16.6. The molecular weight excluding hydrogens is 346 g/mol. The number of hydrogen-bond donors (Lipinski definition) is 1. The molecular formula is C18H23N7O2. The molecule has 0 aromatic carbocycles. The van der Waals surface area contributed by atoms with Crippen molar-refractivity contribution in [2.45, 2.75) is 31.7 Å².